The van der Waals surface area contributed by atoms with Gasteiger partial charge in [0.25, 0.3) is 5.91 Å². The van der Waals surface area contributed by atoms with Crippen LogP contribution in [0.1, 0.15) is 47.1 Å². The van der Waals surface area contributed by atoms with Crippen molar-refractivity contribution in [2.24, 2.45) is 0 Å². The van der Waals surface area contributed by atoms with Crippen molar-refractivity contribution in [2.75, 3.05) is 6.61 Å². The molecule has 1 aromatic heterocycles. The second kappa shape index (κ2) is 7.63. The van der Waals surface area contributed by atoms with Gasteiger partial charge in [-0.05, 0) is 24.6 Å². The number of aromatic nitrogens is 1. The minimum Gasteiger partial charge on any atom is -0.482 e. The fourth-order valence-corrected chi connectivity index (χ4v) is 2.22. The number of ether oxygens (including phenoxy) is 1. The largest absolute Gasteiger partial charge is 0.482 e. The average Bonchev–Trinajstić information content (AvgIpc) is 2.93. The van der Waals surface area contributed by atoms with E-state index >= 15 is 0 Å². The van der Waals surface area contributed by atoms with Gasteiger partial charge in [0.1, 0.15) is 11.3 Å². The molecule has 0 bridgehead atoms. The molecule has 24 heavy (non-hydrogen) atoms. The maximum Gasteiger partial charge on any atom is 0.341 e. The summed E-state index contributed by atoms with van der Waals surface area (Å²) in [6.07, 6.45) is 0. The number of amides is 1. The van der Waals surface area contributed by atoms with Gasteiger partial charge in [0.15, 0.2) is 12.4 Å². The zero-order valence-electron chi connectivity index (χ0n) is 13.8. The van der Waals surface area contributed by atoms with Crippen molar-refractivity contribution in [1.29, 1.82) is 0 Å². The topological polar surface area (TPSA) is 102 Å². The van der Waals surface area contributed by atoms with Gasteiger partial charge in [-0.1, -0.05) is 31.1 Å². The maximum atomic E-state index is 12.4. The molecule has 0 aliphatic rings. The number of carboxylic acids is 1. The van der Waals surface area contributed by atoms with Gasteiger partial charge in [-0.25, -0.2) is 4.79 Å². The van der Waals surface area contributed by atoms with E-state index in [0.29, 0.717) is 22.8 Å². The zero-order chi connectivity index (χ0) is 17.7. The van der Waals surface area contributed by atoms with Crippen molar-refractivity contribution in [3.05, 3.63) is 46.8 Å². The molecule has 2 N–H and O–H groups in total. The summed E-state index contributed by atoms with van der Waals surface area (Å²) in [6, 6.07) is 6.91. The molecular weight excluding hydrogens is 312 g/mol. The highest BCUT2D eigenvalue weighted by molar-refractivity contribution is 5.96. The second-order valence-corrected chi connectivity index (χ2v) is 5.67. The van der Waals surface area contributed by atoms with Crippen LogP contribution in [0.5, 0.6) is 5.75 Å². The molecule has 1 aromatic carbocycles. The molecule has 0 aliphatic carbocycles. The third-order valence-electron chi connectivity index (χ3n) is 3.35. The van der Waals surface area contributed by atoms with E-state index in [1.807, 2.05) is 19.9 Å². The van der Waals surface area contributed by atoms with Crippen molar-refractivity contribution >= 4 is 11.9 Å². The molecule has 2 rings (SSSR count). The summed E-state index contributed by atoms with van der Waals surface area (Å²) in [4.78, 5) is 22.9. The van der Waals surface area contributed by atoms with Crippen LogP contribution in [0.15, 0.2) is 28.8 Å². The van der Waals surface area contributed by atoms with Gasteiger partial charge in [-0.15, -0.1) is 0 Å². The normalized spacial score (nSPS) is 10.7. The molecule has 0 saturated carbocycles. The number of carboxylic acid groups (broad SMARTS) is 1. The van der Waals surface area contributed by atoms with Crippen LogP contribution in [-0.2, 0) is 11.3 Å². The SMILES string of the molecule is Cc1noc(C(C)C)c1C(=O)NCc1cccc(OCC(=O)O)c1. The van der Waals surface area contributed by atoms with Crippen LogP contribution in [0, 0.1) is 6.92 Å². The van der Waals surface area contributed by atoms with Gasteiger partial charge in [0.05, 0.1) is 5.69 Å². The number of carbonyl (C=O) groups is 2. The van der Waals surface area contributed by atoms with Crippen molar-refractivity contribution in [3.8, 4) is 5.75 Å². The Bertz CT molecular complexity index is 736. The molecule has 1 heterocycles. The number of aryl methyl sites for hydroxylation is 1. The van der Waals surface area contributed by atoms with Crippen LogP contribution >= 0.6 is 0 Å². The predicted molar refractivity (Wildman–Crippen MR) is 86.1 cm³/mol. The Balaban J connectivity index is 2.03. The van der Waals surface area contributed by atoms with Crippen molar-refractivity contribution in [3.63, 3.8) is 0 Å². The Morgan fingerprint density at radius 3 is 2.79 bits per heavy atom. The van der Waals surface area contributed by atoms with E-state index in [-0.39, 0.29) is 18.4 Å². The first-order valence-electron chi connectivity index (χ1n) is 7.56. The first-order chi connectivity index (χ1) is 11.4. The number of hydrogen-bond donors (Lipinski definition) is 2. The van der Waals surface area contributed by atoms with Crippen LogP contribution in [-0.4, -0.2) is 28.7 Å². The van der Waals surface area contributed by atoms with Gasteiger partial charge in [-0.2, -0.15) is 0 Å². The zero-order valence-corrected chi connectivity index (χ0v) is 13.8. The molecule has 1 amide bonds. The summed E-state index contributed by atoms with van der Waals surface area (Å²) < 4.78 is 10.3. The predicted octanol–water partition coefficient (Wildman–Crippen LogP) is 2.50. The van der Waals surface area contributed by atoms with E-state index in [2.05, 4.69) is 10.5 Å². The summed E-state index contributed by atoms with van der Waals surface area (Å²) in [7, 11) is 0. The first-order valence-corrected chi connectivity index (χ1v) is 7.56. The molecule has 2 aromatic rings. The molecule has 0 unspecified atom stereocenters. The van der Waals surface area contributed by atoms with Crippen LogP contribution in [0.25, 0.3) is 0 Å². The Morgan fingerprint density at radius 2 is 2.12 bits per heavy atom. The highest BCUT2D eigenvalue weighted by atomic mass is 16.5. The highest BCUT2D eigenvalue weighted by Crippen LogP contribution is 2.22. The number of benzene rings is 1. The summed E-state index contributed by atoms with van der Waals surface area (Å²) in [6.45, 7) is 5.46. The van der Waals surface area contributed by atoms with E-state index in [1.54, 1.807) is 25.1 Å². The molecule has 7 heteroatoms. The second-order valence-electron chi connectivity index (χ2n) is 5.67. The lowest BCUT2D eigenvalue weighted by Gasteiger charge is -2.09. The van der Waals surface area contributed by atoms with E-state index in [1.165, 1.54) is 0 Å². The fraction of sp³-hybridized carbons (Fsp3) is 0.353. The lowest BCUT2D eigenvalue weighted by molar-refractivity contribution is -0.139. The number of rotatable bonds is 7. The van der Waals surface area contributed by atoms with E-state index in [0.717, 1.165) is 5.56 Å². The van der Waals surface area contributed by atoms with Crippen LogP contribution in [0.4, 0.5) is 0 Å². The van der Waals surface area contributed by atoms with Crippen molar-refractivity contribution < 1.29 is 24.0 Å². The van der Waals surface area contributed by atoms with Crippen LogP contribution < -0.4 is 10.1 Å². The minimum atomic E-state index is -1.04. The Hall–Kier alpha value is -2.83. The van der Waals surface area contributed by atoms with Crippen LogP contribution in [0.2, 0.25) is 0 Å². The highest BCUT2D eigenvalue weighted by Gasteiger charge is 2.22. The Kier molecular flexibility index (Phi) is 5.57. The average molecular weight is 332 g/mol. The summed E-state index contributed by atoms with van der Waals surface area (Å²) in [5, 5.41) is 15.3. The molecule has 0 spiro atoms. The summed E-state index contributed by atoms with van der Waals surface area (Å²) in [5.74, 6) is -0.247. The third-order valence-corrected chi connectivity index (χ3v) is 3.35. The summed E-state index contributed by atoms with van der Waals surface area (Å²) >= 11 is 0. The monoisotopic (exact) mass is 332 g/mol. The standard InChI is InChI=1S/C17H20N2O5/c1-10(2)16-15(11(3)19-24-16)17(22)18-8-12-5-4-6-13(7-12)23-9-14(20)21/h4-7,10H,8-9H2,1-3H3,(H,18,22)(H,20,21). The number of carbonyl (C=O) groups excluding carboxylic acids is 1. The van der Waals surface area contributed by atoms with Crippen molar-refractivity contribution in [1.82, 2.24) is 10.5 Å². The Morgan fingerprint density at radius 1 is 1.38 bits per heavy atom. The minimum absolute atomic E-state index is 0.0553. The molecule has 128 valence electrons. The molecule has 0 saturated heterocycles. The maximum absolute atomic E-state index is 12.4. The number of nitrogens with zero attached hydrogens (tertiary/aromatic N) is 1. The summed E-state index contributed by atoms with van der Waals surface area (Å²) in [5.41, 5.74) is 1.81. The number of aliphatic carboxylic acids is 1. The molecule has 0 aliphatic heterocycles. The molecule has 0 radical (unpaired) electrons. The van der Waals surface area contributed by atoms with Crippen molar-refractivity contribution in [2.45, 2.75) is 33.2 Å². The lowest BCUT2D eigenvalue weighted by Crippen LogP contribution is -2.24. The van der Waals surface area contributed by atoms with E-state index in [9.17, 15) is 9.59 Å². The van der Waals surface area contributed by atoms with Gasteiger partial charge >= 0.3 is 5.97 Å². The van der Waals surface area contributed by atoms with E-state index < -0.39 is 12.6 Å². The first kappa shape index (κ1) is 17.5. The number of hydrogen-bond acceptors (Lipinski definition) is 5. The Labute approximate surface area is 139 Å². The van der Waals surface area contributed by atoms with Gasteiger partial charge < -0.3 is 19.7 Å². The molecular formula is C17H20N2O5. The molecule has 0 fully saturated rings. The van der Waals surface area contributed by atoms with Crippen LogP contribution in [0.3, 0.4) is 0 Å². The van der Waals surface area contributed by atoms with Gasteiger partial charge in [0.2, 0.25) is 0 Å². The van der Waals surface area contributed by atoms with Gasteiger partial charge in [0, 0.05) is 12.5 Å². The smallest absolute Gasteiger partial charge is 0.341 e. The third kappa shape index (κ3) is 4.34. The lowest BCUT2D eigenvalue weighted by atomic mass is 10.0. The molecule has 7 nitrogen and oxygen atoms in total. The fourth-order valence-electron chi connectivity index (χ4n) is 2.22. The van der Waals surface area contributed by atoms with Gasteiger partial charge in [-0.3, -0.25) is 4.79 Å². The quantitative estimate of drug-likeness (QED) is 0.808. The molecule has 0 atom stereocenters. The van der Waals surface area contributed by atoms with E-state index in [4.69, 9.17) is 14.4 Å². The number of nitrogens with one attached hydrogen (secondary N) is 1.